The molecule has 4 aromatic rings. The van der Waals surface area contributed by atoms with E-state index in [0.717, 1.165) is 22.4 Å². The molecule has 0 saturated carbocycles. The lowest BCUT2D eigenvalue weighted by molar-refractivity contribution is -0.386. The van der Waals surface area contributed by atoms with Gasteiger partial charge in [0, 0.05) is 17.2 Å². The number of hydrogen-bond donors (Lipinski definition) is 0. The van der Waals surface area contributed by atoms with Gasteiger partial charge in [-0.1, -0.05) is 32.9 Å². The number of aromatic nitrogens is 2. The Balaban J connectivity index is 1.90. The summed E-state index contributed by atoms with van der Waals surface area (Å²) in [6, 6.07) is 15.7. The fourth-order valence-electron chi connectivity index (χ4n) is 4.36. The average Bonchev–Trinajstić information content (AvgIpc) is 2.93. The first-order valence-electron chi connectivity index (χ1n) is 13.4. The molecule has 4 rings (SSSR count). The maximum absolute atomic E-state index is 13.7. The highest BCUT2D eigenvalue weighted by Crippen LogP contribution is 2.34. The van der Waals surface area contributed by atoms with Gasteiger partial charge in [0.25, 0.3) is 5.56 Å². The molecule has 0 aliphatic heterocycles. The Kier molecular flexibility index (Phi) is 8.62. The number of hydrogen-bond acceptors (Lipinski definition) is 7. The molecule has 9 nitrogen and oxygen atoms in total. The number of nitro groups is 1. The van der Waals surface area contributed by atoms with Crippen LogP contribution in [0.5, 0.6) is 11.5 Å². The Hall–Kier alpha value is -4.53. The number of nitrogens with zero attached hydrogens (tertiary/aromatic N) is 4. The smallest absolute Gasteiger partial charge is 0.311 e. The summed E-state index contributed by atoms with van der Waals surface area (Å²) < 4.78 is 12.9. The molecule has 0 aliphatic carbocycles. The van der Waals surface area contributed by atoms with Gasteiger partial charge in [-0.05, 0) is 80.6 Å². The van der Waals surface area contributed by atoms with E-state index in [1.165, 1.54) is 17.0 Å². The quantitative estimate of drug-likeness (QED) is 0.123. The van der Waals surface area contributed by atoms with Crippen LogP contribution >= 0.6 is 0 Å². The third-order valence-corrected chi connectivity index (χ3v) is 6.68. The Morgan fingerprint density at radius 3 is 2.50 bits per heavy atom. The van der Waals surface area contributed by atoms with Gasteiger partial charge in [0.05, 0.1) is 34.8 Å². The summed E-state index contributed by atoms with van der Waals surface area (Å²) in [7, 11) is 0. The number of para-hydroxylation sites is 1. The molecule has 0 amide bonds. The van der Waals surface area contributed by atoms with Crippen LogP contribution in [-0.4, -0.2) is 33.5 Å². The summed E-state index contributed by atoms with van der Waals surface area (Å²) in [6.45, 7) is 12.4. The molecule has 208 valence electrons. The van der Waals surface area contributed by atoms with E-state index in [-0.39, 0.29) is 29.0 Å². The van der Waals surface area contributed by atoms with Gasteiger partial charge in [0.2, 0.25) is 0 Å². The average molecular weight is 543 g/mol. The minimum atomic E-state index is -0.485. The van der Waals surface area contributed by atoms with Gasteiger partial charge >= 0.3 is 5.69 Å². The molecule has 0 fully saturated rings. The first-order chi connectivity index (χ1) is 19.1. The van der Waals surface area contributed by atoms with E-state index in [1.807, 2.05) is 45.9 Å². The van der Waals surface area contributed by atoms with Gasteiger partial charge < -0.3 is 9.47 Å². The SMILES string of the molecule is CCOc1cc(C)c(-c2nc3ccccc3c(=O)n2N=Cc2ccc(O[C@H](C)CC)c([N+](=O)[O-])c2)cc1C(C)C. The molecule has 0 saturated heterocycles. The zero-order chi connectivity index (χ0) is 29.0. The van der Waals surface area contributed by atoms with Crippen molar-refractivity contribution >= 4 is 22.8 Å². The molecule has 1 heterocycles. The van der Waals surface area contributed by atoms with Gasteiger partial charge in [-0.2, -0.15) is 9.78 Å². The number of ether oxygens (including phenoxy) is 2. The minimum Gasteiger partial charge on any atom is -0.494 e. The van der Waals surface area contributed by atoms with E-state index >= 15 is 0 Å². The van der Waals surface area contributed by atoms with E-state index in [9.17, 15) is 14.9 Å². The van der Waals surface area contributed by atoms with Crippen molar-refractivity contribution in [2.75, 3.05) is 6.61 Å². The van der Waals surface area contributed by atoms with Crippen LogP contribution in [0.2, 0.25) is 0 Å². The zero-order valence-corrected chi connectivity index (χ0v) is 23.7. The molecule has 9 heteroatoms. The van der Waals surface area contributed by atoms with Crippen molar-refractivity contribution in [1.29, 1.82) is 0 Å². The van der Waals surface area contributed by atoms with Crippen LogP contribution in [0.25, 0.3) is 22.3 Å². The van der Waals surface area contributed by atoms with Crippen LogP contribution in [0.4, 0.5) is 5.69 Å². The number of aryl methyl sites for hydroxylation is 1. The summed E-state index contributed by atoms with van der Waals surface area (Å²) in [5.74, 6) is 1.52. The third kappa shape index (κ3) is 5.88. The van der Waals surface area contributed by atoms with Gasteiger partial charge in [0.1, 0.15) is 5.75 Å². The molecule has 1 atom stereocenters. The summed E-state index contributed by atoms with van der Waals surface area (Å²) in [5.41, 5.74) is 3.10. The lowest BCUT2D eigenvalue weighted by atomic mass is 9.96. The Morgan fingerprint density at radius 2 is 1.82 bits per heavy atom. The fraction of sp³-hybridized carbons (Fsp3) is 0.323. The standard InChI is InChI=1S/C31H34N4O5/c1-7-21(6)40-28-14-13-22(16-27(28)35(37)38)18-32-34-30(33-26-12-10-9-11-23(26)31(34)36)25-17-24(19(3)4)29(39-8-2)15-20(25)5/h9-19,21H,7-8H2,1-6H3/t21-/m1/s1. The topological polar surface area (TPSA) is 109 Å². The molecule has 1 aromatic heterocycles. The Labute approximate surface area is 233 Å². The predicted molar refractivity (Wildman–Crippen MR) is 158 cm³/mol. The van der Waals surface area contributed by atoms with Crippen LogP contribution in [0.15, 0.2) is 64.5 Å². The van der Waals surface area contributed by atoms with Crippen molar-refractivity contribution in [3.63, 3.8) is 0 Å². The van der Waals surface area contributed by atoms with E-state index in [1.54, 1.807) is 30.3 Å². The maximum Gasteiger partial charge on any atom is 0.311 e. The second-order valence-electron chi connectivity index (χ2n) is 9.93. The number of fused-ring (bicyclic) bond motifs is 1. The van der Waals surface area contributed by atoms with E-state index in [0.29, 0.717) is 35.3 Å². The van der Waals surface area contributed by atoms with Crippen LogP contribution in [0.1, 0.15) is 63.6 Å². The molecular formula is C31H34N4O5. The predicted octanol–water partition coefficient (Wildman–Crippen LogP) is 6.86. The normalized spacial score (nSPS) is 12.3. The van der Waals surface area contributed by atoms with Gasteiger partial charge in [-0.25, -0.2) is 4.98 Å². The van der Waals surface area contributed by atoms with Crippen molar-refractivity contribution in [3.05, 3.63) is 91.8 Å². The lowest BCUT2D eigenvalue weighted by Crippen LogP contribution is -2.21. The highest BCUT2D eigenvalue weighted by molar-refractivity contribution is 5.83. The summed E-state index contributed by atoms with van der Waals surface area (Å²) in [5, 5.41) is 16.7. The third-order valence-electron chi connectivity index (χ3n) is 6.68. The molecule has 0 spiro atoms. The van der Waals surface area contributed by atoms with Crippen molar-refractivity contribution in [2.45, 2.75) is 60.0 Å². The number of nitro benzene ring substituents is 1. The number of rotatable bonds is 10. The second-order valence-corrected chi connectivity index (χ2v) is 9.93. The van der Waals surface area contributed by atoms with E-state index in [4.69, 9.17) is 14.5 Å². The van der Waals surface area contributed by atoms with Crippen LogP contribution in [0, 0.1) is 17.0 Å². The first kappa shape index (κ1) is 28.5. The zero-order valence-electron chi connectivity index (χ0n) is 23.7. The second kappa shape index (κ2) is 12.1. The van der Waals surface area contributed by atoms with Gasteiger partial charge in [-0.3, -0.25) is 14.9 Å². The molecule has 0 aliphatic rings. The maximum atomic E-state index is 13.7. The van der Waals surface area contributed by atoms with Crippen molar-refractivity contribution in [3.8, 4) is 22.9 Å². The van der Waals surface area contributed by atoms with E-state index in [2.05, 4.69) is 18.9 Å². The Morgan fingerprint density at radius 1 is 1.07 bits per heavy atom. The molecule has 40 heavy (non-hydrogen) atoms. The monoisotopic (exact) mass is 542 g/mol. The molecule has 3 aromatic carbocycles. The highest BCUT2D eigenvalue weighted by atomic mass is 16.6. The summed E-state index contributed by atoms with van der Waals surface area (Å²) >= 11 is 0. The molecule has 0 unspecified atom stereocenters. The van der Waals surface area contributed by atoms with Crippen molar-refractivity contribution in [1.82, 2.24) is 9.66 Å². The minimum absolute atomic E-state index is 0.168. The van der Waals surface area contributed by atoms with Crippen LogP contribution in [0.3, 0.4) is 0 Å². The van der Waals surface area contributed by atoms with Gasteiger partial charge in [-0.15, -0.1) is 0 Å². The molecule has 0 radical (unpaired) electrons. The van der Waals surface area contributed by atoms with Crippen molar-refractivity contribution in [2.24, 2.45) is 5.10 Å². The van der Waals surface area contributed by atoms with E-state index < -0.39 is 4.92 Å². The van der Waals surface area contributed by atoms with Crippen LogP contribution < -0.4 is 15.0 Å². The fourth-order valence-corrected chi connectivity index (χ4v) is 4.36. The lowest BCUT2D eigenvalue weighted by Gasteiger charge is -2.18. The molecular weight excluding hydrogens is 508 g/mol. The van der Waals surface area contributed by atoms with Crippen LogP contribution in [-0.2, 0) is 0 Å². The van der Waals surface area contributed by atoms with Crippen molar-refractivity contribution < 1.29 is 14.4 Å². The summed E-state index contributed by atoms with van der Waals surface area (Å²) in [6.07, 6.45) is 1.97. The highest BCUT2D eigenvalue weighted by Gasteiger charge is 2.20. The number of benzene rings is 3. The first-order valence-corrected chi connectivity index (χ1v) is 13.4. The summed E-state index contributed by atoms with van der Waals surface area (Å²) in [4.78, 5) is 29.8. The molecule has 0 N–H and O–H groups in total. The Bertz CT molecular complexity index is 1640. The largest absolute Gasteiger partial charge is 0.494 e. The van der Waals surface area contributed by atoms with Gasteiger partial charge in [0.15, 0.2) is 11.6 Å². The molecule has 0 bridgehead atoms.